The van der Waals surface area contributed by atoms with Gasteiger partial charge in [0.15, 0.2) is 10.5 Å². The third-order valence-electron chi connectivity index (χ3n) is 5.07. The van der Waals surface area contributed by atoms with Gasteiger partial charge in [-0.05, 0) is 42.0 Å². The first kappa shape index (κ1) is 17.6. The van der Waals surface area contributed by atoms with Gasteiger partial charge in [-0.15, -0.1) is 0 Å². The summed E-state index contributed by atoms with van der Waals surface area (Å²) in [6.45, 7) is 0. The van der Waals surface area contributed by atoms with Crippen LogP contribution >= 0.6 is 22.9 Å². The first-order valence-electron chi connectivity index (χ1n) is 9.44. The highest BCUT2D eigenvalue weighted by Gasteiger charge is 2.34. The highest BCUT2D eigenvalue weighted by molar-refractivity contribution is 7.21. The van der Waals surface area contributed by atoms with Crippen molar-refractivity contribution >= 4 is 55.3 Å². The van der Waals surface area contributed by atoms with E-state index < -0.39 is 0 Å². The zero-order valence-corrected chi connectivity index (χ0v) is 17.1. The molecular weight excluding hydrogens is 418 g/mol. The van der Waals surface area contributed by atoms with Crippen LogP contribution in [0.15, 0.2) is 76.4 Å². The van der Waals surface area contributed by atoms with Gasteiger partial charge in [0.1, 0.15) is 11.8 Å². The van der Waals surface area contributed by atoms with E-state index in [9.17, 15) is 0 Å². The second kappa shape index (κ2) is 6.90. The number of anilines is 1. The Labute approximate surface area is 180 Å². The van der Waals surface area contributed by atoms with Crippen LogP contribution in [-0.4, -0.2) is 20.7 Å². The van der Waals surface area contributed by atoms with Crippen molar-refractivity contribution in [3.8, 4) is 0 Å². The van der Waals surface area contributed by atoms with Crippen LogP contribution in [0.5, 0.6) is 0 Å². The Morgan fingerprint density at radius 2 is 1.73 bits per heavy atom. The first-order valence-corrected chi connectivity index (χ1v) is 10.6. The van der Waals surface area contributed by atoms with Gasteiger partial charge in [0.05, 0.1) is 23.0 Å². The number of thiazole rings is 1. The molecule has 1 aliphatic heterocycles. The predicted molar refractivity (Wildman–Crippen MR) is 119 cm³/mol. The average Bonchev–Trinajstić information content (AvgIpc) is 3.50. The standard InChI is InChI=1S/C22H14ClN5OS/c23-14-9-7-13(8-10-14)17-12-18(19-6-3-11-29-19)28(27-17)22-26-20-21(30-22)25-16-5-2-1-4-15(16)24-20/h1-11,18H,12H2. The van der Waals surface area contributed by atoms with Crippen molar-refractivity contribution in [2.45, 2.75) is 12.5 Å². The molecule has 146 valence electrons. The molecule has 0 spiro atoms. The number of aromatic nitrogens is 3. The molecule has 0 saturated carbocycles. The van der Waals surface area contributed by atoms with Crippen LogP contribution in [0.2, 0.25) is 5.02 Å². The number of nitrogens with zero attached hydrogens (tertiary/aromatic N) is 5. The Morgan fingerprint density at radius 1 is 0.933 bits per heavy atom. The normalized spacial score (nSPS) is 16.5. The SMILES string of the molecule is Clc1ccc(C2=NN(c3nc4nc5ccccc5nc4s3)C(c3ccco3)C2)cc1. The summed E-state index contributed by atoms with van der Waals surface area (Å²) in [5.74, 6) is 0.841. The number of furan rings is 1. The molecule has 2 aromatic carbocycles. The number of para-hydroxylation sites is 2. The molecule has 1 atom stereocenters. The van der Waals surface area contributed by atoms with E-state index in [1.165, 1.54) is 11.3 Å². The van der Waals surface area contributed by atoms with E-state index in [0.29, 0.717) is 17.1 Å². The van der Waals surface area contributed by atoms with Crippen molar-refractivity contribution in [3.05, 3.63) is 83.3 Å². The van der Waals surface area contributed by atoms with E-state index in [4.69, 9.17) is 31.1 Å². The van der Waals surface area contributed by atoms with Crippen molar-refractivity contribution < 1.29 is 4.42 Å². The zero-order valence-electron chi connectivity index (χ0n) is 15.6. The molecule has 0 saturated heterocycles. The third-order valence-corrected chi connectivity index (χ3v) is 6.25. The summed E-state index contributed by atoms with van der Waals surface area (Å²) in [7, 11) is 0. The van der Waals surface area contributed by atoms with Gasteiger partial charge in [-0.1, -0.05) is 47.2 Å². The number of hydrogen-bond acceptors (Lipinski definition) is 7. The Balaban J connectivity index is 1.46. The number of hydrazone groups is 1. The van der Waals surface area contributed by atoms with Gasteiger partial charge in [0.2, 0.25) is 5.13 Å². The maximum atomic E-state index is 6.05. The summed E-state index contributed by atoms with van der Waals surface area (Å²) >= 11 is 7.54. The minimum absolute atomic E-state index is 0.0827. The average molecular weight is 432 g/mol. The molecule has 0 amide bonds. The second-order valence-electron chi connectivity index (χ2n) is 6.97. The van der Waals surface area contributed by atoms with E-state index in [1.807, 2.05) is 65.7 Å². The van der Waals surface area contributed by atoms with Crippen molar-refractivity contribution in [2.75, 3.05) is 5.01 Å². The lowest BCUT2D eigenvalue weighted by molar-refractivity contribution is 0.465. The lowest BCUT2D eigenvalue weighted by Crippen LogP contribution is -2.17. The smallest absolute Gasteiger partial charge is 0.210 e. The van der Waals surface area contributed by atoms with Gasteiger partial charge in [-0.2, -0.15) is 10.1 Å². The van der Waals surface area contributed by atoms with E-state index >= 15 is 0 Å². The molecule has 6 rings (SSSR count). The predicted octanol–water partition coefficient (Wildman–Crippen LogP) is 5.84. The van der Waals surface area contributed by atoms with Crippen LogP contribution in [-0.2, 0) is 0 Å². The number of fused-ring (bicyclic) bond motifs is 2. The Morgan fingerprint density at radius 3 is 2.50 bits per heavy atom. The van der Waals surface area contributed by atoms with Gasteiger partial charge in [0.25, 0.3) is 0 Å². The van der Waals surface area contributed by atoms with Crippen molar-refractivity contribution in [2.24, 2.45) is 5.10 Å². The van der Waals surface area contributed by atoms with Crippen molar-refractivity contribution in [1.29, 1.82) is 0 Å². The van der Waals surface area contributed by atoms with Crippen molar-refractivity contribution in [3.63, 3.8) is 0 Å². The molecule has 30 heavy (non-hydrogen) atoms. The highest BCUT2D eigenvalue weighted by atomic mass is 35.5. The highest BCUT2D eigenvalue weighted by Crippen LogP contribution is 2.40. The van der Waals surface area contributed by atoms with E-state index in [2.05, 4.69) is 4.98 Å². The minimum atomic E-state index is -0.0827. The second-order valence-corrected chi connectivity index (χ2v) is 8.36. The molecule has 1 unspecified atom stereocenters. The Kier molecular flexibility index (Phi) is 4.04. The monoisotopic (exact) mass is 431 g/mol. The topological polar surface area (TPSA) is 67.4 Å². The summed E-state index contributed by atoms with van der Waals surface area (Å²) in [6.07, 6.45) is 2.38. The van der Waals surface area contributed by atoms with Gasteiger partial charge >= 0.3 is 0 Å². The molecule has 1 aliphatic rings. The number of benzene rings is 2. The lowest BCUT2D eigenvalue weighted by Gasteiger charge is -2.18. The number of halogens is 1. The summed E-state index contributed by atoms with van der Waals surface area (Å²) in [6, 6.07) is 19.3. The zero-order chi connectivity index (χ0) is 20.1. The molecule has 0 fully saturated rings. The Bertz CT molecular complexity index is 1340. The van der Waals surface area contributed by atoms with Crippen LogP contribution in [0, 0.1) is 0 Å². The molecule has 3 aromatic heterocycles. The minimum Gasteiger partial charge on any atom is -0.467 e. The number of rotatable bonds is 3. The van der Waals surface area contributed by atoms with Gasteiger partial charge < -0.3 is 4.42 Å². The van der Waals surface area contributed by atoms with Crippen LogP contribution in [0.25, 0.3) is 21.5 Å². The largest absolute Gasteiger partial charge is 0.467 e. The van der Waals surface area contributed by atoms with Crippen LogP contribution < -0.4 is 5.01 Å². The van der Waals surface area contributed by atoms with E-state index in [1.54, 1.807) is 6.26 Å². The quantitative estimate of drug-likeness (QED) is 0.359. The molecule has 4 heterocycles. The fourth-order valence-electron chi connectivity index (χ4n) is 3.62. The van der Waals surface area contributed by atoms with Crippen LogP contribution in [0.3, 0.4) is 0 Å². The van der Waals surface area contributed by atoms with Crippen LogP contribution in [0.1, 0.15) is 23.8 Å². The summed E-state index contributed by atoms with van der Waals surface area (Å²) in [5.41, 5.74) is 4.30. The molecule has 8 heteroatoms. The third kappa shape index (κ3) is 2.94. The number of hydrogen-bond donors (Lipinski definition) is 0. The summed E-state index contributed by atoms with van der Waals surface area (Å²) in [5, 5.41) is 8.26. The molecule has 6 nitrogen and oxygen atoms in total. The summed E-state index contributed by atoms with van der Waals surface area (Å²) < 4.78 is 5.72. The molecule has 0 radical (unpaired) electrons. The molecule has 0 bridgehead atoms. The van der Waals surface area contributed by atoms with Crippen LogP contribution in [0.4, 0.5) is 5.13 Å². The van der Waals surface area contributed by atoms with Gasteiger partial charge in [-0.25, -0.2) is 15.0 Å². The fraction of sp³-hybridized carbons (Fsp3) is 0.0909. The van der Waals surface area contributed by atoms with Gasteiger partial charge in [0, 0.05) is 11.4 Å². The van der Waals surface area contributed by atoms with Gasteiger partial charge in [-0.3, -0.25) is 0 Å². The van der Waals surface area contributed by atoms with E-state index in [-0.39, 0.29) is 6.04 Å². The maximum Gasteiger partial charge on any atom is 0.210 e. The van der Waals surface area contributed by atoms with E-state index in [0.717, 1.165) is 38.0 Å². The first-order chi connectivity index (χ1) is 14.7. The fourth-order valence-corrected chi connectivity index (χ4v) is 4.64. The molecule has 0 aliphatic carbocycles. The lowest BCUT2D eigenvalue weighted by atomic mass is 10.0. The van der Waals surface area contributed by atoms with Crippen molar-refractivity contribution in [1.82, 2.24) is 15.0 Å². The summed E-state index contributed by atoms with van der Waals surface area (Å²) in [4.78, 5) is 14.9. The molecule has 5 aromatic rings. The molecular formula is C22H14ClN5OS. The molecule has 0 N–H and O–H groups in total. The maximum absolute atomic E-state index is 6.05. The Hall–Kier alpha value is -3.29.